The Morgan fingerprint density at radius 1 is 0.667 bits per heavy atom. The Morgan fingerprint density at radius 3 is 1.44 bits per heavy atom. The molecule has 0 saturated heterocycles. The number of rotatable bonds is 8. The zero-order valence-electron chi connectivity index (χ0n) is 26.1. The number of nitrogens with zero attached hydrogens (tertiary/aromatic N) is 2. The number of fused-ring (bicyclic) bond motifs is 8. The fourth-order valence-electron chi connectivity index (χ4n) is 6.31. The molecule has 2 atom stereocenters. The smallest absolute Gasteiger partial charge is 0.550 e. The summed E-state index contributed by atoms with van der Waals surface area (Å²) < 4.78 is 0. The van der Waals surface area contributed by atoms with Gasteiger partial charge in [-0.3, -0.25) is 0 Å². The molecule has 45 heavy (non-hydrogen) atoms. The van der Waals surface area contributed by atoms with Crippen molar-refractivity contribution in [1.29, 1.82) is 0 Å². The minimum absolute atomic E-state index is 0. The van der Waals surface area contributed by atoms with E-state index in [0.29, 0.717) is 39.4 Å². The summed E-state index contributed by atoms with van der Waals surface area (Å²) in [7, 11) is 0. The number of aromatic nitrogens is 4. The normalized spacial score (nSPS) is 14.4. The van der Waals surface area contributed by atoms with Crippen LogP contribution in [0.2, 0.25) is 0 Å². The molecule has 0 fully saturated rings. The SMILES string of the molecule is CC1=C(CCC(=O)[O-])c2cc3nc(cc4[nH]c(cc5[nH]c(cc1n2)c(C)c5C(C)O)c(C)c4C(C)O)C(C)=C3CCC(=O)[O-].[Fe+2]. The second-order valence-corrected chi connectivity index (χ2v) is 11.6. The van der Waals surface area contributed by atoms with Crippen LogP contribution >= 0.6 is 0 Å². The van der Waals surface area contributed by atoms with Crippen LogP contribution in [0.3, 0.4) is 0 Å². The summed E-state index contributed by atoms with van der Waals surface area (Å²) in [4.78, 5) is 39.5. The zero-order chi connectivity index (χ0) is 32.0. The van der Waals surface area contributed by atoms with Crippen LogP contribution in [0.1, 0.15) is 111 Å². The molecule has 3 aromatic heterocycles. The van der Waals surface area contributed by atoms with Gasteiger partial charge in [-0.15, -0.1) is 0 Å². The number of carboxylic acid groups (broad SMARTS) is 2. The van der Waals surface area contributed by atoms with Crippen LogP contribution in [-0.2, 0) is 26.7 Å². The number of hydrogen-bond acceptors (Lipinski definition) is 8. The van der Waals surface area contributed by atoms with Crippen molar-refractivity contribution < 1.29 is 47.1 Å². The predicted octanol–water partition coefficient (Wildman–Crippen LogP) is 3.96. The van der Waals surface area contributed by atoms with Crippen LogP contribution in [0, 0.1) is 13.8 Å². The Balaban J connectivity index is 0.00000461. The van der Waals surface area contributed by atoms with E-state index in [1.807, 2.05) is 45.9 Å². The Morgan fingerprint density at radius 2 is 1.04 bits per heavy atom. The number of carbonyl (C=O) groups is 2. The van der Waals surface area contributed by atoms with E-state index in [9.17, 15) is 30.0 Å². The van der Waals surface area contributed by atoms with Crippen LogP contribution in [0.5, 0.6) is 0 Å². The molecule has 0 radical (unpaired) electrons. The first-order valence-corrected chi connectivity index (χ1v) is 14.7. The van der Waals surface area contributed by atoms with Gasteiger partial charge < -0.3 is 40.0 Å². The largest absolute Gasteiger partial charge is 2.00 e. The molecular formula is C34H36FeN4O6. The minimum atomic E-state index is -1.18. The van der Waals surface area contributed by atoms with Gasteiger partial charge >= 0.3 is 17.1 Å². The van der Waals surface area contributed by atoms with Crippen LogP contribution in [0.25, 0.3) is 44.4 Å². The summed E-state index contributed by atoms with van der Waals surface area (Å²) in [5.41, 5.74) is 11.3. The third-order valence-electron chi connectivity index (χ3n) is 8.63. The molecule has 5 rings (SSSR count). The van der Waals surface area contributed by atoms with Gasteiger partial charge in [-0.2, -0.15) is 0 Å². The minimum Gasteiger partial charge on any atom is -0.550 e. The van der Waals surface area contributed by atoms with Gasteiger partial charge in [-0.05, 0) is 125 Å². The monoisotopic (exact) mass is 652 g/mol. The summed E-state index contributed by atoms with van der Waals surface area (Å²) in [6, 6.07) is 7.41. The molecule has 0 saturated carbocycles. The van der Waals surface area contributed by atoms with Gasteiger partial charge in [-0.25, -0.2) is 9.97 Å². The average molecular weight is 653 g/mol. The third kappa shape index (κ3) is 6.53. The Hall–Kier alpha value is -4.02. The quantitative estimate of drug-likeness (QED) is 0.264. The van der Waals surface area contributed by atoms with Crippen molar-refractivity contribution in [3.63, 3.8) is 0 Å². The first-order chi connectivity index (χ1) is 20.8. The molecule has 8 bridgehead atoms. The topological polar surface area (TPSA) is 178 Å². The van der Waals surface area contributed by atoms with Crippen molar-refractivity contribution in [2.24, 2.45) is 0 Å². The van der Waals surface area contributed by atoms with E-state index in [4.69, 9.17) is 9.97 Å². The molecule has 4 N–H and O–H groups in total. The number of aryl methyl sites for hydroxylation is 2. The molecule has 2 aliphatic heterocycles. The molecular weight excluding hydrogens is 616 g/mol. The molecule has 5 heterocycles. The predicted molar refractivity (Wildman–Crippen MR) is 165 cm³/mol. The number of nitrogens with one attached hydrogen (secondary N) is 2. The van der Waals surface area contributed by atoms with Gasteiger partial charge in [0.05, 0.1) is 35.0 Å². The van der Waals surface area contributed by atoms with E-state index in [-0.39, 0.29) is 42.8 Å². The molecule has 236 valence electrons. The van der Waals surface area contributed by atoms with Gasteiger partial charge in [0.2, 0.25) is 0 Å². The van der Waals surface area contributed by atoms with Crippen molar-refractivity contribution in [2.75, 3.05) is 0 Å². The molecule has 0 amide bonds. The van der Waals surface area contributed by atoms with Crippen molar-refractivity contribution >= 4 is 56.3 Å². The van der Waals surface area contributed by atoms with Crippen molar-refractivity contribution in [2.45, 2.75) is 79.4 Å². The van der Waals surface area contributed by atoms with Crippen LogP contribution in [-0.4, -0.2) is 42.1 Å². The Kier molecular flexibility index (Phi) is 9.89. The summed E-state index contributed by atoms with van der Waals surface area (Å²) in [6.45, 7) is 11.0. The molecule has 3 aromatic rings. The second kappa shape index (κ2) is 13.1. The third-order valence-corrected chi connectivity index (χ3v) is 8.63. The van der Waals surface area contributed by atoms with E-state index < -0.39 is 24.1 Å². The summed E-state index contributed by atoms with van der Waals surface area (Å²) in [6.07, 6.45) is -1.59. The molecule has 2 unspecified atom stereocenters. The van der Waals surface area contributed by atoms with Gasteiger partial charge in [0, 0.05) is 45.1 Å². The fraction of sp³-hybridized carbons (Fsp3) is 0.353. The summed E-state index contributed by atoms with van der Waals surface area (Å²) in [5, 5.41) is 44.4. The number of carbonyl (C=O) groups excluding carboxylic acids is 2. The van der Waals surface area contributed by atoms with Crippen LogP contribution < -0.4 is 10.2 Å². The molecule has 0 spiro atoms. The molecule has 10 nitrogen and oxygen atoms in total. The number of aliphatic hydroxyl groups is 2. The van der Waals surface area contributed by atoms with Gasteiger partial charge in [0.15, 0.2) is 0 Å². The van der Waals surface area contributed by atoms with E-state index >= 15 is 0 Å². The summed E-state index contributed by atoms with van der Waals surface area (Å²) in [5.74, 6) is -2.35. The first-order valence-electron chi connectivity index (χ1n) is 14.7. The number of aromatic amines is 2. The average Bonchev–Trinajstić information content (AvgIpc) is 3.59. The molecule has 2 aliphatic rings. The zero-order valence-corrected chi connectivity index (χ0v) is 27.2. The van der Waals surface area contributed by atoms with E-state index in [2.05, 4.69) is 9.97 Å². The van der Waals surface area contributed by atoms with E-state index in [0.717, 1.165) is 50.0 Å². The maximum Gasteiger partial charge on any atom is 2.00 e. The number of carboxylic acids is 2. The second-order valence-electron chi connectivity index (χ2n) is 11.6. The van der Waals surface area contributed by atoms with E-state index in [1.54, 1.807) is 19.9 Å². The molecule has 11 heteroatoms. The van der Waals surface area contributed by atoms with Crippen molar-refractivity contribution in [3.8, 4) is 0 Å². The maximum absolute atomic E-state index is 11.4. The maximum atomic E-state index is 11.4. The van der Waals surface area contributed by atoms with E-state index in [1.165, 1.54) is 0 Å². The summed E-state index contributed by atoms with van der Waals surface area (Å²) >= 11 is 0. The first kappa shape index (κ1) is 33.9. The number of hydrogen-bond donors (Lipinski definition) is 4. The van der Waals surface area contributed by atoms with Crippen molar-refractivity contribution in [3.05, 3.63) is 69.3 Å². The molecule has 0 aromatic carbocycles. The standard InChI is InChI=1S/C34H38N4O6.Fe/c1-15-21(7-9-31(41)42)27-14-28-22(8-10-32(43)44)16(2)24(36-28)12-29-34(20(6)40)18(4)26(38-29)13-30-33(19(5)39)17(3)25(37-30)11-23(15)35-27;/h11-14,19-20,37-40H,7-10H2,1-6H3,(H,41,42)(H,43,44);/q;+2/p-2. The number of allylic oxidation sites excluding steroid dienone is 4. The fourth-order valence-corrected chi connectivity index (χ4v) is 6.31. The molecule has 0 aliphatic carbocycles. The number of H-pyrrole nitrogens is 2. The van der Waals surface area contributed by atoms with Gasteiger partial charge in [-0.1, -0.05) is 0 Å². The van der Waals surface area contributed by atoms with Crippen molar-refractivity contribution in [1.82, 2.24) is 19.9 Å². The number of aliphatic carboxylic acids is 2. The number of aliphatic hydroxyl groups excluding tert-OH is 2. The van der Waals surface area contributed by atoms with Gasteiger partial charge in [0.25, 0.3) is 0 Å². The Bertz CT molecular complexity index is 1930. The van der Waals surface area contributed by atoms with Gasteiger partial charge in [0.1, 0.15) is 0 Å². The Labute approximate surface area is 271 Å². The van der Waals surface area contributed by atoms with Crippen LogP contribution in [0.4, 0.5) is 0 Å². The van der Waals surface area contributed by atoms with Crippen LogP contribution in [0.15, 0.2) is 24.3 Å².